The third kappa shape index (κ3) is 5.10. The normalized spacial score (nSPS) is 19.9. The molecular weight excluding hydrogens is 260 g/mol. The molecular formula is C18H30N2O. The minimum absolute atomic E-state index is 0.663. The highest BCUT2D eigenvalue weighted by Gasteiger charge is 2.22. The largest absolute Gasteiger partial charge is 0.383 e. The van der Waals surface area contributed by atoms with Crippen LogP contribution in [0.5, 0.6) is 0 Å². The summed E-state index contributed by atoms with van der Waals surface area (Å²) in [6, 6.07) is 7.47. The van der Waals surface area contributed by atoms with E-state index >= 15 is 0 Å². The Morgan fingerprint density at radius 2 is 2.14 bits per heavy atom. The highest BCUT2D eigenvalue weighted by atomic mass is 16.5. The van der Waals surface area contributed by atoms with E-state index in [0.717, 1.165) is 26.2 Å². The number of ether oxygens (including phenoxy) is 1. The van der Waals surface area contributed by atoms with Crippen molar-refractivity contribution in [2.45, 2.75) is 45.7 Å². The lowest BCUT2D eigenvalue weighted by Gasteiger charge is -2.36. The molecule has 21 heavy (non-hydrogen) atoms. The molecule has 3 nitrogen and oxygen atoms in total. The number of hydrogen-bond acceptors (Lipinski definition) is 3. The fourth-order valence-corrected chi connectivity index (χ4v) is 3.13. The molecule has 0 aromatic heterocycles. The van der Waals surface area contributed by atoms with E-state index in [2.05, 4.69) is 42.3 Å². The minimum Gasteiger partial charge on any atom is -0.383 e. The molecule has 1 aliphatic rings. The van der Waals surface area contributed by atoms with Gasteiger partial charge in [0.1, 0.15) is 0 Å². The van der Waals surface area contributed by atoms with Crippen LogP contribution in [0.3, 0.4) is 0 Å². The maximum absolute atomic E-state index is 5.11. The van der Waals surface area contributed by atoms with Crippen LogP contribution >= 0.6 is 0 Å². The van der Waals surface area contributed by atoms with Crippen LogP contribution < -0.4 is 5.32 Å². The average Bonchev–Trinajstić information content (AvgIpc) is 2.49. The molecule has 1 aromatic carbocycles. The first kappa shape index (κ1) is 16.5. The van der Waals surface area contributed by atoms with E-state index < -0.39 is 0 Å². The van der Waals surface area contributed by atoms with Crippen molar-refractivity contribution < 1.29 is 4.74 Å². The Bertz CT molecular complexity index is 433. The third-order valence-electron chi connectivity index (χ3n) is 4.49. The van der Waals surface area contributed by atoms with Gasteiger partial charge < -0.3 is 10.1 Å². The van der Waals surface area contributed by atoms with Gasteiger partial charge in [-0.15, -0.1) is 0 Å². The van der Waals surface area contributed by atoms with Crippen molar-refractivity contribution >= 4 is 0 Å². The van der Waals surface area contributed by atoms with Gasteiger partial charge in [-0.2, -0.15) is 0 Å². The summed E-state index contributed by atoms with van der Waals surface area (Å²) in [5.41, 5.74) is 4.26. The lowest BCUT2D eigenvalue weighted by Crippen LogP contribution is -2.45. The number of likely N-dealkylation sites (tertiary alicyclic amines) is 1. The van der Waals surface area contributed by atoms with Gasteiger partial charge in [-0.05, 0) is 44.4 Å². The lowest BCUT2D eigenvalue weighted by molar-refractivity contribution is 0.133. The summed E-state index contributed by atoms with van der Waals surface area (Å²) in [6.07, 6.45) is 4.00. The van der Waals surface area contributed by atoms with Gasteiger partial charge in [-0.3, -0.25) is 4.90 Å². The Hall–Kier alpha value is -0.900. The quantitative estimate of drug-likeness (QED) is 0.782. The summed E-state index contributed by atoms with van der Waals surface area (Å²) in [5.74, 6) is 0. The number of benzene rings is 1. The number of piperidine rings is 1. The Labute approximate surface area is 129 Å². The zero-order valence-electron chi connectivity index (χ0n) is 13.8. The van der Waals surface area contributed by atoms with Crippen molar-refractivity contribution in [1.82, 2.24) is 10.2 Å². The summed E-state index contributed by atoms with van der Waals surface area (Å²) < 4.78 is 5.11. The molecule has 0 amide bonds. The molecule has 1 atom stereocenters. The standard InChI is InChI=1S/C18H30N2O/c1-15-7-8-16(2)17(12-15)14-20-10-5-4-6-18(20)13-19-9-11-21-3/h7-8,12,18-19H,4-6,9-11,13-14H2,1-3H3. The van der Waals surface area contributed by atoms with Crippen molar-refractivity contribution in [2.75, 3.05) is 33.4 Å². The highest BCUT2D eigenvalue weighted by Crippen LogP contribution is 2.21. The molecule has 0 saturated carbocycles. The van der Waals surface area contributed by atoms with Crippen LogP contribution in [0.15, 0.2) is 18.2 Å². The molecule has 3 heteroatoms. The van der Waals surface area contributed by atoms with Crippen LogP contribution in [0.2, 0.25) is 0 Å². The van der Waals surface area contributed by atoms with Crippen LogP contribution in [0.4, 0.5) is 0 Å². The first-order chi connectivity index (χ1) is 10.2. The number of methoxy groups -OCH3 is 1. The number of nitrogens with one attached hydrogen (secondary N) is 1. The Morgan fingerprint density at radius 3 is 2.95 bits per heavy atom. The van der Waals surface area contributed by atoms with E-state index in [1.807, 2.05) is 0 Å². The number of rotatable bonds is 7. The summed E-state index contributed by atoms with van der Waals surface area (Å²) in [5, 5.41) is 3.53. The molecule has 1 aliphatic heterocycles. The van der Waals surface area contributed by atoms with Crippen molar-refractivity contribution in [1.29, 1.82) is 0 Å². The second kappa shape index (κ2) is 8.52. The molecule has 2 rings (SSSR count). The van der Waals surface area contributed by atoms with Crippen molar-refractivity contribution in [3.63, 3.8) is 0 Å². The van der Waals surface area contributed by atoms with Gasteiger partial charge in [0.2, 0.25) is 0 Å². The average molecular weight is 290 g/mol. The van der Waals surface area contributed by atoms with Crippen LogP contribution in [-0.4, -0.2) is 44.3 Å². The van der Waals surface area contributed by atoms with Crippen LogP contribution in [0.25, 0.3) is 0 Å². The van der Waals surface area contributed by atoms with Gasteiger partial charge in [0.05, 0.1) is 6.61 Å². The van der Waals surface area contributed by atoms with Crippen molar-refractivity contribution in [2.24, 2.45) is 0 Å². The minimum atomic E-state index is 0.663. The molecule has 1 saturated heterocycles. The summed E-state index contributed by atoms with van der Waals surface area (Å²) in [4.78, 5) is 2.66. The van der Waals surface area contributed by atoms with Crippen molar-refractivity contribution in [3.05, 3.63) is 34.9 Å². The highest BCUT2D eigenvalue weighted by molar-refractivity contribution is 5.30. The van der Waals surface area contributed by atoms with Crippen LogP contribution in [0, 0.1) is 13.8 Å². The van der Waals surface area contributed by atoms with Crippen molar-refractivity contribution in [3.8, 4) is 0 Å². The van der Waals surface area contributed by atoms with Gasteiger partial charge in [0.15, 0.2) is 0 Å². The molecule has 1 N–H and O–H groups in total. The van der Waals surface area contributed by atoms with Gasteiger partial charge in [-0.1, -0.05) is 30.2 Å². The predicted molar refractivity (Wildman–Crippen MR) is 88.7 cm³/mol. The summed E-state index contributed by atoms with van der Waals surface area (Å²) in [7, 11) is 1.76. The Balaban J connectivity index is 1.93. The fourth-order valence-electron chi connectivity index (χ4n) is 3.13. The molecule has 1 fully saturated rings. The SMILES string of the molecule is COCCNCC1CCCCN1Cc1cc(C)ccc1C. The van der Waals surface area contributed by atoms with Gasteiger partial charge in [-0.25, -0.2) is 0 Å². The molecule has 1 aromatic rings. The third-order valence-corrected chi connectivity index (χ3v) is 4.49. The summed E-state index contributed by atoms with van der Waals surface area (Å²) >= 11 is 0. The summed E-state index contributed by atoms with van der Waals surface area (Å²) in [6.45, 7) is 9.55. The van der Waals surface area contributed by atoms with E-state index in [-0.39, 0.29) is 0 Å². The monoisotopic (exact) mass is 290 g/mol. The molecule has 0 radical (unpaired) electrons. The van der Waals surface area contributed by atoms with E-state index in [4.69, 9.17) is 4.74 Å². The number of aryl methyl sites for hydroxylation is 2. The molecule has 1 heterocycles. The fraction of sp³-hybridized carbons (Fsp3) is 0.667. The van der Waals surface area contributed by atoms with Crippen LogP contribution in [-0.2, 0) is 11.3 Å². The van der Waals surface area contributed by atoms with E-state index in [1.54, 1.807) is 7.11 Å². The first-order valence-electron chi connectivity index (χ1n) is 8.20. The zero-order chi connectivity index (χ0) is 15.1. The lowest BCUT2D eigenvalue weighted by atomic mass is 9.99. The second-order valence-corrected chi connectivity index (χ2v) is 6.25. The maximum Gasteiger partial charge on any atom is 0.0587 e. The molecule has 0 spiro atoms. The number of nitrogens with zero attached hydrogens (tertiary/aromatic N) is 1. The van der Waals surface area contributed by atoms with E-state index in [1.165, 1.54) is 42.5 Å². The molecule has 0 aliphatic carbocycles. The van der Waals surface area contributed by atoms with Gasteiger partial charge in [0, 0.05) is 32.8 Å². The second-order valence-electron chi connectivity index (χ2n) is 6.25. The van der Waals surface area contributed by atoms with Crippen LogP contribution in [0.1, 0.15) is 36.0 Å². The molecule has 0 bridgehead atoms. The zero-order valence-corrected chi connectivity index (χ0v) is 13.8. The topological polar surface area (TPSA) is 24.5 Å². The van der Waals surface area contributed by atoms with E-state index in [0.29, 0.717) is 6.04 Å². The van der Waals surface area contributed by atoms with Gasteiger partial charge in [0.25, 0.3) is 0 Å². The van der Waals surface area contributed by atoms with Gasteiger partial charge >= 0.3 is 0 Å². The molecule has 118 valence electrons. The van der Waals surface area contributed by atoms with E-state index in [9.17, 15) is 0 Å². The smallest absolute Gasteiger partial charge is 0.0587 e. The predicted octanol–water partition coefficient (Wildman–Crippen LogP) is 2.89. The maximum atomic E-state index is 5.11. The Kier molecular flexibility index (Phi) is 6.68. The molecule has 1 unspecified atom stereocenters. The Morgan fingerprint density at radius 1 is 1.29 bits per heavy atom. The first-order valence-corrected chi connectivity index (χ1v) is 8.20. The number of hydrogen-bond donors (Lipinski definition) is 1.